The fraction of sp³-hybridized carbons (Fsp3) is 0.222. The van der Waals surface area contributed by atoms with Crippen LogP contribution in [0.1, 0.15) is 17.0 Å². The van der Waals surface area contributed by atoms with Crippen molar-refractivity contribution in [2.24, 2.45) is 5.14 Å². The van der Waals surface area contributed by atoms with Crippen LogP contribution in [0.2, 0.25) is 0 Å². The van der Waals surface area contributed by atoms with Crippen molar-refractivity contribution in [1.82, 2.24) is 14.8 Å². The Morgan fingerprint density at radius 2 is 1.85 bits per heavy atom. The summed E-state index contributed by atoms with van der Waals surface area (Å²) >= 11 is 0. The predicted octanol–water partition coefficient (Wildman–Crippen LogP) is 2.45. The number of rotatable bonds is 7. The van der Waals surface area contributed by atoms with E-state index in [4.69, 9.17) is 14.6 Å². The summed E-state index contributed by atoms with van der Waals surface area (Å²) in [6, 6.07) is 6.30. The number of nitrogens with two attached hydrogens (primary N) is 1. The van der Waals surface area contributed by atoms with E-state index >= 15 is 0 Å². The molecule has 1 heterocycles. The zero-order valence-electron chi connectivity index (χ0n) is 17.0. The van der Waals surface area contributed by atoms with Crippen molar-refractivity contribution in [3.8, 4) is 17.2 Å². The van der Waals surface area contributed by atoms with Gasteiger partial charge in [-0.25, -0.2) is 23.2 Å². The van der Waals surface area contributed by atoms with Gasteiger partial charge in [-0.3, -0.25) is 10.1 Å². The van der Waals surface area contributed by atoms with Gasteiger partial charge in [-0.2, -0.15) is 13.2 Å². The number of nitrogens with zero attached hydrogens (tertiary/aromatic N) is 4. The number of hydrogen-bond donors (Lipinski definition) is 1. The highest BCUT2D eigenvalue weighted by molar-refractivity contribution is 7.89. The van der Waals surface area contributed by atoms with Crippen molar-refractivity contribution >= 4 is 15.7 Å². The number of nitro benzene ring substituents is 1. The van der Waals surface area contributed by atoms with Gasteiger partial charge in [0.2, 0.25) is 10.0 Å². The van der Waals surface area contributed by atoms with E-state index in [0.717, 1.165) is 6.07 Å². The molecule has 2 aromatic carbocycles. The van der Waals surface area contributed by atoms with Crippen LogP contribution in [0.15, 0.2) is 41.6 Å². The van der Waals surface area contributed by atoms with Gasteiger partial charge in [-0.05, 0) is 17.2 Å². The minimum absolute atomic E-state index is 0.0599. The molecule has 0 spiro atoms. The first-order chi connectivity index (χ1) is 15.3. The molecule has 0 saturated carbocycles. The number of ether oxygens (including phenoxy) is 2. The fourth-order valence-corrected chi connectivity index (χ4v) is 3.85. The highest BCUT2D eigenvalue weighted by Crippen LogP contribution is 2.34. The number of nitro groups is 1. The first kappa shape index (κ1) is 23.9. The highest BCUT2D eigenvalue weighted by Gasteiger charge is 2.36. The summed E-state index contributed by atoms with van der Waals surface area (Å²) in [5.41, 5.74) is -0.683. The van der Waals surface area contributed by atoms with E-state index < -0.39 is 43.2 Å². The number of aromatic nitrogens is 3. The van der Waals surface area contributed by atoms with Crippen molar-refractivity contribution in [3.63, 3.8) is 0 Å². The van der Waals surface area contributed by atoms with Crippen LogP contribution in [0.5, 0.6) is 11.5 Å². The van der Waals surface area contributed by atoms with Crippen LogP contribution < -0.4 is 14.6 Å². The molecular formula is C18H16F3N5O6S. The van der Waals surface area contributed by atoms with E-state index in [2.05, 4.69) is 10.1 Å². The Labute approximate surface area is 184 Å². The van der Waals surface area contributed by atoms with Crippen LogP contribution in [0.25, 0.3) is 5.69 Å². The Hall–Kier alpha value is -3.72. The lowest BCUT2D eigenvalue weighted by atomic mass is 10.0. The third-order valence-corrected chi connectivity index (χ3v) is 5.43. The van der Waals surface area contributed by atoms with Gasteiger partial charge in [0.05, 0.1) is 24.8 Å². The molecule has 0 saturated heterocycles. The smallest absolute Gasteiger partial charge is 0.453 e. The Balaban J connectivity index is 2.31. The number of non-ortho nitro benzene ring substituents is 1. The summed E-state index contributed by atoms with van der Waals surface area (Å²) in [6.07, 6.45) is -4.45. The maximum atomic E-state index is 13.0. The molecule has 176 valence electrons. The number of primary sulfonamides is 1. The first-order valence-corrected chi connectivity index (χ1v) is 10.4. The Morgan fingerprint density at radius 3 is 2.36 bits per heavy atom. The molecule has 11 nitrogen and oxygen atoms in total. The second-order valence-corrected chi connectivity index (χ2v) is 8.15. The van der Waals surface area contributed by atoms with Crippen LogP contribution in [0.3, 0.4) is 0 Å². The summed E-state index contributed by atoms with van der Waals surface area (Å²) in [6.45, 7) is 0. The molecule has 0 bridgehead atoms. The molecule has 3 rings (SSSR count). The molecule has 0 aliphatic rings. The van der Waals surface area contributed by atoms with Gasteiger partial charge in [0.1, 0.15) is 22.7 Å². The molecule has 3 aromatic rings. The monoisotopic (exact) mass is 487 g/mol. The number of benzene rings is 2. The molecule has 0 fully saturated rings. The maximum absolute atomic E-state index is 13.0. The average Bonchev–Trinajstić information content (AvgIpc) is 3.23. The molecule has 0 amide bonds. The van der Waals surface area contributed by atoms with Crippen molar-refractivity contribution in [1.29, 1.82) is 0 Å². The van der Waals surface area contributed by atoms with Crippen LogP contribution >= 0.6 is 0 Å². The molecule has 0 aliphatic heterocycles. The third kappa shape index (κ3) is 5.04. The largest absolute Gasteiger partial charge is 0.497 e. The highest BCUT2D eigenvalue weighted by atomic mass is 32.2. The Bertz CT molecular complexity index is 1320. The number of alkyl halides is 3. The number of sulfonamides is 1. The van der Waals surface area contributed by atoms with E-state index in [0.29, 0.717) is 34.1 Å². The van der Waals surface area contributed by atoms with E-state index in [1.54, 1.807) is 12.1 Å². The number of hydrogen-bond acceptors (Lipinski definition) is 8. The van der Waals surface area contributed by atoms with E-state index in [1.165, 1.54) is 20.3 Å². The van der Waals surface area contributed by atoms with Gasteiger partial charge in [-0.15, -0.1) is 5.10 Å². The molecule has 0 aliphatic carbocycles. The molecule has 2 N–H and O–H groups in total. The van der Waals surface area contributed by atoms with Crippen molar-refractivity contribution in [2.75, 3.05) is 14.2 Å². The van der Waals surface area contributed by atoms with Crippen molar-refractivity contribution in [2.45, 2.75) is 17.5 Å². The van der Waals surface area contributed by atoms with Gasteiger partial charge in [-0.1, -0.05) is 6.07 Å². The molecule has 0 unspecified atom stereocenters. The SMILES string of the molecule is COc1ccc(Cc2cc([N+](=O)[O-])cc(S(N)(=O)=O)c2-n2cnc(C(F)(F)F)n2)c(OC)c1. The molecule has 1 aromatic heterocycles. The molecule has 33 heavy (non-hydrogen) atoms. The van der Waals surface area contributed by atoms with E-state index in [9.17, 15) is 31.7 Å². The van der Waals surface area contributed by atoms with Crippen molar-refractivity contribution < 1.29 is 36.0 Å². The zero-order chi connectivity index (χ0) is 24.6. The maximum Gasteiger partial charge on any atom is 0.453 e. The van der Waals surface area contributed by atoms with Crippen LogP contribution in [-0.4, -0.2) is 42.3 Å². The zero-order valence-corrected chi connectivity index (χ0v) is 17.8. The minimum Gasteiger partial charge on any atom is -0.497 e. The predicted molar refractivity (Wildman–Crippen MR) is 107 cm³/mol. The van der Waals surface area contributed by atoms with Crippen LogP contribution in [0, 0.1) is 10.1 Å². The van der Waals surface area contributed by atoms with Crippen molar-refractivity contribution in [3.05, 3.63) is 63.7 Å². The normalized spacial score (nSPS) is 11.9. The number of halogens is 3. The Morgan fingerprint density at radius 1 is 1.15 bits per heavy atom. The molecule has 0 radical (unpaired) electrons. The second kappa shape index (κ2) is 8.67. The lowest BCUT2D eigenvalue weighted by Gasteiger charge is -2.16. The Kier molecular flexibility index (Phi) is 6.29. The lowest BCUT2D eigenvalue weighted by molar-refractivity contribution is -0.385. The quantitative estimate of drug-likeness (QED) is 0.394. The summed E-state index contributed by atoms with van der Waals surface area (Å²) in [4.78, 5) is 12.9. The fourth-order valence-electron chi connectivity index (χ4n) is 3.07. The van der Waals surface area contributed by atoms with Gasteiger partial charge >= 0.3 is 6.18 Å². The topological polar surface area (TPSA) is 152 Å². The minimum atomic E-state index is -4.91. The van der Waals surface area contributed by atoms with E-state index in [1.807, 2.05) is 0 Å². The standard InChI is InChI=1S/C18H16F3N5O6S/c1-31-13-4-3-10(14(8-13)32-2)5-11-6-12(26(27)28)7-15(33(22,29)30)16(11)25-9-23-17(24-25)18(19,20)21/h3-4,6-9H,5H2,1-2H3,(H2,22,29,30). The van der Waals surface area contributed by atoms with Gasteiger partial charge < -0.3 is 9.47 Å². The molecule has 15 heteroatoms. The van der Waals surface area contributed by atoms with Gasteiger partial charge in [0.15, 0.2) is 0 Å². The molecular weight excluding hydrogens is 471 g/mol. The summed E-state index contributed by atoms with van der Waals surface area (Å²) < 4.78 is 74.6. The van der Waals surface area contributed by atoms with Gasteiger partial charge in [0.25, 0.3) is 11.5 Å². The van der Waals surface area contributed by atoms with Crippen LogP contribution in [0.4, 0.5) is 18.9 Å². The number of methoxy groups -OCH3 is 2. The lowest BCUT2D eigenvalue weighted by Crippen LogP contribution is -2.18. The molecule has 0 atom stereocenters. The third-order valence-electron chi connectivity index (χ3n) is 4.51. The first-order valence-electron chi connectivity index (χ1n) is 8.89. The second-order valence-electron chi connectivity index (χ2n) is 6.62. The van der Waals surface area contributed by atoms with Gasteiger partial charge in [0, 0.05) is 24.6 Å². The van der Waals surface area contributed by atoms with Crippen LogP contribution in [-0.2, 0) is 22.6 Å². The van der Waals surface area contributed by atoms with E-state index in [-0.39, 0.29) is 12.0 Å². The summed E-state index contributed by atoms with van der Waals surface area (Å²) in [5.74, 6) is -0.807. The average molecular weight is 487 g/mol. The summed E-state index contributed by atoms with van der Waals surface area (Å²) in [5, 5.41) is 20.0. The summed E-state index contributed by atoms with van der Waals surface area (Å²) in [7, 11) is -1.85.